The molecule has 166 valence electrons. The highest BCUT2D eigenvalue weighted by Crippen LogP contribution is 2.23. The summed E-state index contributed by atoms with van der Waals surface area (Å²) in [6, 6.07) is 20.9. The van der Waals surface area contributed by atoms with E-state index in [1.165, 1.54) is 17.7 Å². The van der Waals surface area contributed by atoms with Crippen LogP contribution in [0.25, 0.3) is 22.4 Å². The molecule has 1 fully saturated rings. The molecule has 0 spiro atoms. The normalized spacial score (nSPS) is 17.8. The van der Waals surface area contributed by atoms with Gasteiger partial charge in [0.1, 0.15) is 17.2 Å². The number of nitrogens with one attached hydrogen (secondary N) is 2. The third-order valence-corrected chi connectivity index (χ3v) is 5.98. The average Bonchev–Trinajstić information content (AvgIpc) is 3.30. The Balaban J connectivity index is 1.31. The zero-order valence-corrected chi connectivity index (χ0v) is 18.0. The van der Waals surface area contributed by atoms with Gasteiger partial charge in [0.05, 0.1) is 11.7 Å². The number of aromatic nitrogens is 3. The Bertz CT molecular complexity index is 1260. The average molecular weight is 442 g/mol. The van der Waals surface area contributed by atoms with E-state index in [1.54, 1.807) is 0 Å². The number of halogens is 1. The Morgan fingerprint density at radius 1 is 0.939 bits per heavy atom. The Labute approximate surface area is 191 Å². The highest BCUT2D eigenvalue weighted by atomic mass is 19.1. The van der Waals surface area contributed by atoms with Gasteiger partial charge in [0.25, 0.3) is 5.91 Å². The van der Waals surface area contributed by atoms with Gasteiger partial charge in [-0.3, -0.25) is 4.79 Å². The number of benzene rings is 2. The van der Waals surface area contributed by atoms with E-state index >= 15 is 0 Å². The van der Waals surface area contributed by atoms with Crippen LogP contribution in [-0.2, 0) is 6.54 Å². The minimum Gasteiger partial charge on any atom is -0.348 e. The van der Waals surface area contributed by atoms with Crippen molar-refractivity contribution in [3.05, 3.63) is 90.0 Å². The van der Waals surface area contributed by atoms with Gasteiger partial charge in [-0.25, -0.2) is 19.3 Å². The summed E-state index contributed by atoms with van der Waals surface area (Å²) < 4.78 is 13.3. The Morgan fingerprint density at radius 2 is 1.73 bits per heavy atom. The number of fused-ring (bicyclic) bond motifs is 1. The van der Waals surface area contributed by atoms with Crippen LogP contribution in [0, 0.1) is 5.82 Å². The first-order chi connectivity index (χ1) is 16.2. The number of hydrogen-bond acceptors (Lipinski definition) is 5. The third kappa shape index (κ3) is 4.88. The molecule has 1 amide bonds. The minimum atomic E-state index is -0.436. The summed E-state index contributed by atoms with van der Waals surface area (Å²) in [6.07, 6.45) is 3.91. The zero-order valence-electron chi connectivity index (χ0n) is 18.0. The quantitative estimate of drug-likeness (QED) is 0.467. The molecule has 0 unspecified atom stereocenters. The maximum Gasteiger partial charge on any atom is 0.270 e. The van der Waals surface area contributed by atoms with Crippen molar-refractivity contribution in [2.75, 3.05) is 0 Å². The van der Waals surface area contributed by atoms with Gasteiger partial charge in [-0.2, -0.15) is 0 Å². The lowest BCUT2D eigenvalue weighted by molar-refractivity contribution is 0.0934. The Morgan fingerprint density at radius 3 is 2.55 bits per heavy atom. The summed E-state index contributed by atoms with van der Waals surface area (Å²) in [5.41, 5.74) is 2.62. The first-order valence-corrected chi connectivity index (χ1v) is 11.1. The summed E-state index contributed by atoms with van der Waals surface area (Å²) in [5.74, 6) is -0.368. The fourth-order valence-corrected chi connectivity index (χ4v) is 4.28. The Hall–Kier alpha value is -3.71. The molecule has 7 heteroatoms. The van der Waals surface area contributed by atoms with Crippen molar-refractivity contribution in [3.63, 3.8) is 0 Å². The largest absolute Gasteiger partial charge is 0.348 e. The van der Waals surface area contributed by atoms with Crippen LogP contribution in [0.1, 0.15) is 35.3 Å². The molecular formula is C26H24FN5O. The zero-order chi connectivity index (χ0) is 22.6. The molecule has 1 aliphatic carbocycles. The van der Waals surface area contributed by atoms with Crippen LogP contribution >= 0.6 is 0 Å². The van der Waals surface area contributed by atoms with Crippen LogP contribution in [0.2, 0.25) is 0 Å². The van der Waals surface area contributed by atoms with Crippen LogP contribution < -0.4 is 10.6 Å². The van der Waals surface area contributed by atoms with Crippen molar-refractivity contribution < 1.29 is 9.18 Å². The van der Waals surface area contributed by atoms with Gasteiger partial charge >= 0.3 is 0 Å². The molecule has 2 N–H and O–H groups in total. The number of pyridine rings is 1. The van der Waals surface area contributed by atoms with Gasteiger partial charge in [-0.05, 0) is 43.0 Å². The Kier molecular flexibility index (Phi) is 6.04. The van der Waals surface area contributed by atoms with Crippen LogP contribution in [0.5, 0.6) is 0 Å². The lowest BCUT2D eigenvalue weighted by Gasteiger charge is -2.15. The van der Waals surface area contributed by atoms with Crippen LogP contribution in [0.4, 0.5) is 4.39 Å². The first kappa shape index (κ1) is 21.2. The van der Waals surface area contributed by atoms with Crippen molar-refractivity contribution in [1.29, 1.82) is 0 Å². The number of hydrogen-bond donors (Lipinski definition) is 2. The van der Waals surface area contributed by atoms with Gasteiger partial charge in [0.2, 0.25) is 0 Å². The second-order valence-electron chi connectivity index (χ2n) is 8.32. The minimum absolute atomic E-state index is 0.0758. The van der Waals surface area contributed by atoms with E-state index in [9.17, 15) is 9.18 Å². The van der Waals surface area contributed by atoms with Gasteiger partial charge in [-0.15, -0.1) is 0 Å². The van der Waals surface area contributed by atoms with E-state index in [0.29, 0.717) is 34.2 Å². The van der Waals surface area contributed by atoms with Crippen molar-refractivity contribution >= 4 is 16.8 Å². The monoisotopic (exact) mass is 441 g/mol. The number of carbonyl (C=O) groups excluding carboxylic acids is 1. The molecule has 2 aromatic heterocycles. The molecule has 1 saturated carbocycles. The van der Waals surface area contributed by atoms with Crippen molar-refractivity contribution in [3.8, 4) is 11.5 Å². The van der Waals surface area contributed by atoms with Crippen molar-refractivity contribution in [1.82, 2.24) is 25.6 Å². The number of para-hydroxylation sites is 1. The van der Waals surface area contributed by atoms with E-state index in [-0.39, 0.29) is 11.9 Å². The van der Waals surface area contributed by atoms with E-state index < -0.39 is 5.82 Å². The predicted molar refractivity (Wildman–Crippen MR) is 125 cm³/mol. The molecule has 5 rings (SSSR count). The lowest BCUT2D eigenvalue weighted by Crippen LogP contribution is -2.35. The summed E-state index contributed by atoms with van der Waals surface area (Å²) in [5, 5.41) is 7.42. The molecule has 0 saturated heterocycles. The highest BCUT2D eigenvalue weighted by Gasteiger charge is 2.27. The molecule has 4 aromatic rings. The fourth-order valence-electron chi connectivity index (χ4n) is 4.28. The second-order valence-corrected chi connectivity index (χ2v) is 8.32. The van der Waals surface area contributed by atoms with E-state index in [1.807, 2.05) is 42.5 Å². The maximum atomic E-state index is 13.3. The predicted octanol–water partition coefficient (Wildman–Crippen LogP) is 4.27. The molecule has 33 heavy (non-hydrogen) atoms. The third-order valence-electron chi connectivity index (χ3n) is 5.98. The van der Waals surface area contributed by atoms with Crippen LogP contribution in [-0.4, -0.2) is 32.9 Å². The summed E-state index contributed by atoms with van der Waals surface area (Å²) in [7, 11) is 0. The summed E-state index contributed by atoms with van der Waals surface area (Å²) in [4.78, 5) is 26.4. The van der Waals surface area contributed by atoms with Crippen LogP contribution in [0.3, 0.4) is 0 Å². The maximum absolute atomic E-state index is 13.3. The van der Waals surface area contributed by atoms with Gasteiger partial charge in [0, 0.05) is 24.0 Å². The number of nitrogens with zero attached hydrogens (tertiary/aromatic N) is 3. The van der Waals surface area contributed by atoms with Gasteiger partial charge < -0.3 is 10.6 Å². The van der Waals surface area contributed by atoms with Gasteiger partial charge in [0.15, 0.2) is 5.82 Å². The molecule has 0 bridgehead atoms. The van der Waals surface area contributed by atoms with E-state index in [0.717, 1.165) is 32.0 Å². The summed E-state index contributed by atoms with van der Waals surface area (Å²) >= 11 is 0. The highest BCUT2D eigenvalue weighted by molar-refractivity contribution is 6.04. The number of carbonyl (C=O) groups is 1. The van der Waals surface area contributed by atoms with Crippen molar-refractivity contribution in [2.45, 2.75) is 37.9 Å². The molecule has 0 radical (unpaired) electrons. The first-order valence-electron chi connectivity index (χ1n) is 11.1. The standard InChI is InChI=1S/C26H24FN5O/c27-18-10-13-23(29-16-18)25-31-22-9-5-4-8-21(22)24(32-25)26(33)30-20-12-11-19(14-20)28-15-17-6-2-1-3-7-17/h1-10,13,16,19-20,28H,11-12,14-15H2,(H,30,33)/t19-,20+/m0/s1. The van der Waals surface area contributed by atoms with E-state index in [4.69, 9.17) is 0 Å². The number of rotatable bonds is 6. The second kappa shape index (κ2) is 9.42. The molecule has 0 aliphatic heterocycles. The number of amides is 1. The molecule has 2 atom stereocenters. The van der Waals surface area contributed by atoms with Crippen LogP contribution in [0.15, 0.2) is 72.9 Å². The lowest BCUT2D eigenvalue weighted by atomic mass is 10.1. The van der Waals surface area contributed by atoms with E-state index in [2.05, 4.69) is 37.7 Å². The van der Waals surface area contributed by atoms with Gasteiger partial charge in [-0.1, -0.05) is 48.5 Å². The molecule has 2 heterocycles. The SMILES string of the molecule is O=C(N[C@@H]1CC[C@H](NCc2ccccc2)C1)c1nc(-c2ccc(F)cn2)nc2ccccc12. The molecule has 1 aliphatic rings. The topological polar surface area (TPSA) is 79.8 Å². The summed E-state index contributed by atoms with van der Waals surface area (Å²) in [6.45, 7) is 0.816. The molecule has 2 aromatic carbocycles. The molecular weight excluding hydrogens is 417 g/mol. The fraction of sp³-hybridized carbons (Fsp3) is 0.231. The smallest absolute Gasteiger partial charge is 0.270 e. The van der Waals surface area contributed by atoms with Crippen molar-refractivity contribution in [2.24, 2.45) is 0 Å². The molecule has 6 nitrogen and oxygen atoms in total.